The first-order chi connectivity index (χ1) is 11.8. The van der Waals surface area contributed by atoms with Crippen molar-refractivity contribution in [2.24, 2.45) is 0 Å². The average molecular weight is 348 g/mol. The van der Waals surface area contributed by atoms with E-state index in [2.05, 4.69) is 0 Å². The summed E-state index contributed by atoms with van der Waals surface area (Å²) in [5, 5.41) is 19.9. The summed E-state index contributed by atoms with van der Waals surface area (Å²) in [5.41, 5.74) is -0.197. The largest absolute Gasteiger partial charge is 0.478 e. The molecule has 1 aromatic carbocycles. The summed E-state index contributed by atoms with van der Waals surface area (Å²) >= 11 is 0. The molecule has 2 rings (SSSR count). The van der Waals surface area contributed by atoms with Crippen molar-refractivity contribution in [3.05, 3.63) is 57.5 Å². The van der Waals surface area contributed by atoms with Crippen LogP contribution in [0.4, 0.5) is 5.69 Å². The Morgan fingerprint density at radius 1 is 1.36 bits per heavy atom. The van der Waals surface area contributed by atoms with E-state index in [0.29, 0.717) is 5.76 Å². The maximum Gasteiger partial charge on any atom is 0.339 e. The third-order valence-corrected chi connectivity index (χ3v) is 3.43. The van der Waals surface area contributed by atoms with E-state index >= 15 is 0 Å². The fourth-order valence-electron chi connectivity index (χ4n) is 2.14. The van der Waals surface area contributed by atoms with Crippen LogP contribution in [-0.2, 0) is 11.3 Å². The number of benzene rings is 1. The molecule has 9 nitrogen and oxygen atoms in total. The number of hydrogen-bond acceptors (Lipinski definition) is 6. The molecule has 2 aromatic rings. The molecule has 1 heterocycles. The number of aryl methyl sites for hydroxylation is 1. The van der Waals surface area contributed by atoms with Gasteiger partial charge in [-0.1, -0.05) is 12.1 Å². The molecule has 0 saturated carbocycles. The van der Waals surface area contributed by atoms with Crippen LogP contribution < -0.4 is 4.74 Å². The van der Waals surface area contributed by atoms with Crippen LogP contribution in [0, 0.1) is 17.0 Å². The van der Waals surface area contributed by atoms with Gasteiger partial charge in [0, 0.05) is 13.1 Å². The molecule has 1 aromatic heterocycles. The molecule has 0 aliphatic carbocycles. The maximum absolute atomic E-state index is 12.1. The number of carboxylic acids is 1. The third kappa shape index (κ3) is 4.34. The number of nitrogens with zero attached hydrogens (tertiary/aromatic N) is 2. The minimum atomic E-state index is -1.11. The van der Waals surface area contributed by atoms with E-state index in [1.165, 1.54) is 43.1 Å². The summed E-state index contributed by atoms with van der Waals surface area (Å²) in [6, 6.07) is 7.10. The zero-order valence-electron chi connectivity index (χ0n) is 13.6. The molecular weight excluding hydrogens is 332 g/mol. The Bertz CT molecular complexity index is 813. The predicted octanol–water partition coefficient (Wildman–Crippen LogP) is 2.23. The number of amides is 1. The molecule has 0 aliphatic heterocycles. The molecule has 0 saturated heterocycles. The highest BCUT2D eigenvalue weighted by molar-refractivity contribution is 5.88. The first-order valence-corrected chi connectivity index (χ1v) is 7.22. The molecule has 132 valence electrons. The van der Waals surface area contributed by atoms with Crippen LogP contribution in [0.15, 0.2) is 34.7 Å². The van der Waals surface area contributed by atoms with Crippen LogP contribution >= 0.6 is 0 Å². The van der Waals surface area contributed by atoms with Crippen LogP contribution in [0.2, 0.25) is 0 Å². The number of furan rings is 1. The number of aromatic carboxylic acids is 1. The van der Waals surface area contributed by atoms with Crippen molar-refractivity contribution in [3.8, 4) is 5.75 Å². The van der Waals surface area contributed by atoms with Crippen LogP contribution in [-0.4, -0.2) is 40.5 Å². The second-order valence-electron chi connectivity index (χ2n) is 5.25. The van der Waals surface area contributed by atoms with Gasteiger partial charge in [-0.15, -0.1) is 0 Å². The van der Waals surface area contributed by atoms with E-state index in [-0.39, 0.29) is 29.3 Å². The summed E-state index contributed by atoms with van der Waals surface area (Å²) < 4.78 is 10.5. The number of carboxylic acid groups (broad SMARTS) is 1. The van der Waals surface area contributed by atoms with Crippen LogP contribution in [0.5, 0.6) is 5.75 Å². The highest BCUT2D eigenvalue weighted by atomic mass is 16.6. The fraction of sp³-hybridized carbons (Fsp3) is 0.250. The minimum Gasteiger partial charge on any atom is -0.478 e. The van der Waals surface area contributed by atoms with E-state index in [1.807, 2.05) is 0 Å². The third-order valence-electron chi connectivity index (χ3n) is 3.43. The second-order valence-corrected chi connectivity index (χ2v) is 5.25. The molecule has 0 spiro atoms. The number of likely N-dealkylation sites (N-methyl/N-ethyl adjacent to an activating group) is 1. The number of rotatable bonds is 7. The number of carbonyl (C=O) groups excluding carboxylic acids is 1. The Morgan fingerprint density at radius 3 is 2.64 bits per heavy atom. The van der Waals surface area contributed by atoms with Crippen molar-refractivity contribution in [2.45, 2.75) is 13.5 Å². The molecule has 0 bridgehead atoms. The number of nitro benzene ring substituents is 1. The Balaban J connectivity index is 1.98. The standard InChI is InChI=1S/C16H16N2O7/c1-10-12(16(20)21)7-11(25-10)8-17(2)15(19)9-24-14-6-4-3-5-13(14)18(22)23/h3-7H,8-9H2,1-2H3,(H,20,21). The topological polar surface area (TPSA) is 123 Å². The molecule has 25 heavy (non-hydrogen) atoms. The number of para-hydroxylation sites is 2. The summed E-state index contributed by atoms with van der Waals surface area (Å²) in [6.07, 6.45) is 0. The van der Waals surface area contributed by atoms with E-state index in [9.17, 15) is 19.7 Å². The Morgan fingerprint density at radius 2 is 2.04 bits per heavy atom. The van der Waals surface area contributed by atoms with Crippen LogP contribution in [0.1, 0.15) is 21.9 Å². The number of nitro groups is 1. The van der Waals surface area contributed by atoms with Gasteiger partial charge >= 0.3 is 11.7 Å². The van der Waals surface area contributed by atoms with E-state index in [4.69, 9.17) is 14.3 Å². The van der Waals surface area contributed by atoms with Gasteiger partial charge in [-0.25, -0.2) is 4.79 Å². The lowest BCUT2D eigenvalue weighted by atomic mass is 10.2. The lowest BCUT2D eigenvalue weighted by molar-refractivity contribution is -0.385. The minimum absolute atomic E-state index is 0.00347. The highest BCUT2D eigenvalue weighted by Gasteiger charge is 2.19. The van der Waals surface area contributed by atoms with Gasteiger partial charge in [-0.3, -0.25) is 14.9 Å². The zero-order chi connectivity index (χ0) is 18.6. The number of carbonyl (C=O) groups is 2. The van der Waals surface area contributed by atoms with Gasteiger partial charge in [0.25, 0.3) is 5.91 Å². The van der Waals surface area contributed by atoms with E-state index in [0.717, 1.165) is 0 Å². The van der Waals surface area contributed by atoms with Crippen molar-refractivity contribution < 1.29 is 28.8 Å². The first kappa shape index (κ1) is 18.0. The van der Waals surface area contributed by atoms with Gasteiger partial charge in [0.1, 0.15) is 17.1 Å². The molecule has 0 aliphatic rings. The average Bonchev–Trinajstić information content (AvgIpc) is 2.93. The molecule has 0 unspecified atom stereocenters. The smallest absolute Gasteiger partial charge is 0.339 e. The normalized spacial score (nSPS) is 10.3. The summed E-state index contributed by atoms with van der Waals surface area (Å²) in [7, 11) is 1.49. The Hall–Kier alpha value is -3.36. The summed E-state index contributed by atoms with van der Waals surface area (Å²) in [4.78, 5) is 34.7. The zero-order valence-corrected chi connectivity index (χ0v) is 13.6. The van der Waals surface area contributed by atoms with Crippen LogP contribution in [0.25, 0.3) is 0 Å². The summed E-state index contributed by atoms with van der Waals surface area (Å²) in [5.74, 6) is -0.988. The second kappa shape index (κ2) is 7.47. The Kier molecular flexibility index (Phi) is 5.38. The van der Waals surface area contributed by atoms with E-state index < -0.39 is 23.4 Å². The van der Waals surface area contributed by atoms with E-state index in [1.54, 1.807) is 6.07 Å². The van der Waals surface area contributed by atoms with Crippen molar-refractivity contribution in [1.82, 2.24) is 4.90 Å². The molecule has 0 fully saturated rings. The molecule has 9 heteroatoms. The lowest BCUT2D eigenvalue weighted by Gasteiger charge is -2.16. The Labute approximate surface area is 142 Å². The quantitative estimate of drug-likeness (QED) is 0.601. The summed E-state index contributed by atoms with van der Waals surface area (Å²) in [6.45, 7) is 1.17. The van der Waals surface area contributed by atoms with Crippen molar-refractivity contribution in [2.75, 3.05) is 13.7 Å². The SMILES string of the molecule is Cc1oc(CN(C)C(=O)COc2ccccc2[N+](=O)[O-])cc1C(=O)O. The monoisotopic (exact) mass is 348 g/mol. The molecule has 1 amide bonds. The molecule has 1 N–H and O–H groups in total. The van der Waals surface area contributed by atoms with Gasteiger partial charge < -0.3 is 19.2 Å². The van der Waals surface area contributed by atoms with Crippen molar-refractivity contribution in [3.63, 3.8) is 0 Å². The van der Waals surface area contributed by atoms with Crippen LogP contribution in [0.3, 0.4) is 0 Å². The fourth-order valence-corrected chi connectivity index (χ4v) is 2.14. The molecular formula is C16H16N2O7. The molecule has 0 atom stereocenters. The predicted molar refractivity (Wildman–Crippen MR) is 85.5 cm³/mol. The van der Waals surface area contributed by atoms with Crippen molar-refractivity contribution in [1.29, 1.82) is 0 Å². The van der Waals surface area contributed by atoms with Crippen molar-refractivity contribution >= 4 is 17.6 Å². The van der Waals surface area contributed by atoms with Gasteiger partial charge in [0.15, 0.2) is 12.4 Å². The number of hydrogen-bond donors (Lipinski definition) is 1. The highest BCUT2D eigenvalue weighted by Crippen LogP contribution is 2.25. The first-order valence-electron chi connectivity index (χ1n) is 7.22. The lowest BCUT2D eigenvalue weighted by Crippen LogP contribution is -2.30. The van der Waals surface area contributed by atoms with Gasteiger partial charge in [0.2, 0.25) is 0 Å². The maximum atomic E-state index is 12.1. The van der Waals surface area contributed by atoms with Gasteiger partial charge in [0.05, 0.1) is 11.5 Å². The molecule has 0 radical (unpaired) electrons. The van der Waals surface area contributed by atoms with Gasteiger partial charge in [-0.05, 0) is 19.1 Å². The van der Waals surface area contributed by atoms with Gasteiger partial charge in [-0.2, -0.15) is 0 Å². The number of ether oxygens (including phenoxy) is 1.